The molecular formula is C40H36N2O2. The van der Waals surface area contributed by atoms with Gasteiger partial charge in [0.1, 0.15) is 11.5 Å². The van der Waals surface area contributed by atoms with Crippen LogP contribution in [0.3, 0.4) is 0 Å². The third-order valence-electron chi connectivity index (χ3n) is 7.47. The van der Waals surface area contributed by atoms with Crippen LogP contribution in [0.2, 0.25) is 0 Å². The van der Waals surface area contributed by atoms with Crippen LogP contribution in [0, 0.1) is 0 Å². The molecule has 0 aliphatic heterocycles. The molecule has 0 spiro atoms. The first-order chi connectivity index (χ1) is 21.4. The highest BCUT2D eigenvalue weighted by Crippen LogP contribution is 2.33. The highest BCUT2D eigenvalue weighted by molar-refractivity contribution is 6.13. The van der Waals surface area contributed by atoms with Gasteiger partial charge in [0, 0.05) is 16.5 Å². The first kappa shape index (κ1) is 29.9. The van der Waals surface area contributed by atoms with Crippen LogP contribution in [0.4, 0.5) is 11.4 Å². The summed E-state index contributed by atoms with van der Waals surface area (Å²) in [7, 11) is 0. The summed E-state index contributed by atoms with van der Waals surface area (Å²) in [5.41, 5.74) is 7.25. The fraction of sp³-hybridized carbons (Fsp3) is 0.0750. The molecule has 2 N–H and O–H groups in total. The van der Waals surface area contributed by atoms with Gasteiger partial charge in [-0.1, -0.05) is 135 Å². The molecule has 4 heteroatoms. The summed E-state index contributed by atoms with van der Waals surface area (Å²) < 4.78 is 0. The number of anilines is 2. The second kappa shape index (κ2) is 14.0. The summed E-state index contributed by atoms with van der Waals surface area (Å²) in [4.78, 5) is 0. The van der Waals surface area contributed by atoms with Crippen molar-refractivity contribution >= 4 is 17.1 Å². The number of hydrogen-bond donors (Lipinski definition) is 2. The van der Waals surface area contributed by atoms with E-state index in [4.69, 9.17) is 5.10 Å². The Morgan fingerprint density at radius 2 is 0.773 bits per heavy atom. The molecular weight excluding hydrogens is 540 g/mol. The van der Waals surface area contributed by atoms with Gasteiger partial charge in [-0.2, -0.15) is 5.10 Å². The molecule has 0 aromatic heterocycles. The number of phenols is 2. The SMILES string of the molecule is CC(C)(c1ccc(O)cc1)c1ccc(O)cc1.c1ccc(C(=NN(c2ccccc2)c2ccccc2)c2ccccc2)cc1. The van der Waals surface area contributed by atoms with Gasteiger partial charge in [0.15, 0.2) is 0 Å². The van der Waals surface area contributed by atoms with E-state index in [9.17, 15) is 10.2 Å². The highest BCUT2D eigenvalue weighted by Gasteiger charge is 2.22. The van der Waals surface area contributed by atoms with Crippen molar-refractivity contribution in [3.05, 3.63) is 192 Å². The molecule has 6 aromatic rings. The smallest absolute Gasteiger partial charge is 0.115 e. The number of benzene rings is 6. The fourth-order valence-electron chi connectivity index (χ4n) is 4.90. The van der Waals surface area contributed by atoms with Crippen molar-refractivity contribution in [3.8, 4) is 11.5 Å². The van der Waals surface area contributed by atoms with Crippen LogP contribution in [0.15, 0.2) is 175 Å². The lowest BCUT2D eigenvalue weighted by atomic mass is 9.78. The molecule has 0 saturated carbocycles. The van der Waals surface area contributed by atoms with E-state index in [2.05, 4.69) is 62.4 Å². The maximum absolute atomic E-state index is 9.30. The molecule has 6 rings (SSSR count). The zero-order valence-corrected chi connectivity index (χ0v) is 25.0. The fourth-order valence-corrected chi connectivity index (χ4v) is 4.90. The largest absolute Gasteiger partial charge is 0.508 e. The van der Waals surface area contributed by atoms with E-state index in [1.54, 1.807) is 24.3 Å². The number of phenolic OH excluding ortho intramolecular Hbond substituents is 2. The molecule has 0 amide bonds. The van der Waals surface area contributed by atoms with Crippen LogP contribution in [-0.4, -0.2) is 15.9 Å². The van der Waals surface area contributed by atoms with E-state index in [0.717, 1.165) is 39.3 Å². The predicted octanol–water partition coefficient (Wildman–Crippen LogP) is 9.70. The second-order valence-corrected chi connectivity index (χ2v) is 10.9. The second-order valence-electron chi connectivity index (χ2n) is 10.9. The summed E-state index contributed by atoms with van der Waals surface area (Å²) in [5.74, 6) is 0.547. The molecule has 0 atom stereocenters. The van der Waals surface area contributed by atoms with E-state index < -0.39 is 0 Å². The minimum Gasteiger partial charge on any atom is -0.508 e. The van der Waals surface area contributed by atoms with Crippen LogP contribution in [-0.2, 0) is 5.41 Å². The van der Waals surface area contributed by atoms with Crippen LogP contribution in [0.25, 0.3) is 0 Å². The summed E-state index contributed by atoms with van der Waals surface area (Å²) in [6, 6.07) is 55.5. The molecule has 0 saturated heterocycles. The van der Waals surface area contributed by atoms with Crippen LogP contribution in [0.5, 0.6) is 11.5 Å². The van der Waals surface area contributed by atoms with Gasteiger partial charge in [0.2, 0.25) is 0 Å². The van der Waals surface area contributed by atoms with Crippen molar-refractivity contribution in [1.82, 2.24) is 0 Å². The van der Waals surface area contributed by atoms with Crippen molar-refractivity contribution in [3.63, 3.8) is 0 Å². The first-order valence-electron chi connectivity index (χ1n) is 14.6. The zero-order valence-electron chi connectivity index (χ0n) is 25.0. The predicted molar refractivity (Wildman–Crippen MR) is 182 cm³/mol. The van der Waals surface area contributed by atoms with Gasteiger partial charge in [-0.05, 0) is 59.7 Å². The Bertz CT molecular complexity index is 1620. The average Bonchev–Trinajstić information content (AvgIpc) is 3.07. The molecule has 0 bridgehead atoms. The normalized spacial score (nSPS) is 10.7. The van der Waals surface area contributed by atoms with Gasteiger partial charge in [0.25, 0.3) is 0 Å². The van der Waals surface area contributed by atoms with Crippen LogP contribution in [0.1, 0.15) is 36.1 Å². The molecule has 0 aliphatic carbocycles. The molecule has 0 radical (unpaired) electrons. The molecule has 0 heterocycles. The van der Waals surface area contributed by atoms with Crippen molar-refractivity contribution in [2.75, 3.05) is 5.01 Å². The molecule has 4 nitrogen and oxygen atoms in total. The standard InChI is InChI=1S/C25H20N2.C15H16O2/c1-5-13-21(14-6-1)25(22-15-7-2-8-16-22)26-27(23-17-9-3-10-18-23)24-19-11-4-12-20-24;1-15(2,11-3-7-13(16)8-4-11)12-5-9-14(17)10-6-12/h1-20H;3-10,16-17H,1-2H3. The molecule has 218 valence electrons. The maximum atomic E-state index is 9.30. The number of hydrazone groups is 1. The van der Waals surface area contributed by atoms with Crippen molar-refractivity contribution in [2.24, 2.45) is 5.10 Å². The van der Waals surface area contributed by atoms with Gasteiger partial charge in [-0.15, -0.1) is 0 Å². The van der Waals surface area contributed by atoms with E-state index in [1.165, 1.54) is 0 Å². The Morgan fingerprint density at radius 3 is 1.11 bits per heavy atom. The minimum absolute atomic E-state index is 0.151. The van der Waals surface area contributed by atoms with Gasteiger partial charge in [0.05, 0.1) is 17.1 Å². The third kappa shape index (κ3) is 7.42. The number of hydrogen-bond acceptors (Lipinski definition) is 4. The van der Waals surface area contributed by atoms with Gasteiger partial charge < -0.3 is 10.2 Å². The summed E-state index contributed by atoms with van der Waals surface area (Å²) in [6.45, 7) is 4.23. The molecule has 0 aliphatic rings. The van der Waals surface area contributed by atoms with Crippen LogP contribution < -0.4 is 5.01 Å². The van der Waals surface area contributed by atoms with E-state index >= 15 is 0 Å². The summed E-state index contributed by atoms with van der Waals surface area (Å²) in [5, 5.41) is 25.7. The minimum atomic E-state index is -0.151. The number of rotatable bonds is 7. The highest BCUT2D eigenvalue weighted by atomic mass is 16.3. The van der Waals surface area contributed by atoms with E-state index in [1.807, 2.05) is 102 Å². The number of aromatic hydroxyl groups is 2. The van der Waals surface area contributed by atoms with Gasteiger partial charge in [-0.25, -0.2) is 5.01 Å². The number of nitrogens with zero attached hydrogens (tertiary/aromatic N) is 2. The average molecular weight is 577 g/mol. The lowest BCUT2D eigenvalue weighted by Gasteiger charge is -2.26. The van der Waals surface area contributed by atoms with Gasteiger partial charge in [-0.3, -0.25) is 0 Å². The molecule has 0 fully saturated rings. The topological polar surface area (TPSA) is 56.1 Å². The van der Waals surface area contributed by atoms with Crippen molar-refractivity contribution < 1.29 is 10.2 Å². The maximum Gasteiger partial charge on any atom is 0.115 e. The lowest BCUT2D eigenvalue weighted by molar-refractivity contribution is 0.474. The Morgan fingerprint density at radius 1 is 0.455 bits per heavy atom. The zero-order chi connectivity index (χ0) is 30.8. The monoisotopic (exact) mass is 576 g/mol. The Kier molecular flexibility index (Phi) is 9.53. The lowest BCUT2D eigenvalue weighted by Crippen LogP contribution is -2.18. The van der Waals surface area contributed by atoms with Crippen molar-refractivity contribution in [2.45, 2.75) is 19.3 Å². The van der Waals surface area contributed by atoms with Gasteiger partial charge >= 0.3 is 0 Å². The Hall–Kier alpha value is -5.61. The Balaban J connectivity index is 0.000000195. The number of para-hydroxylation sites is 2. The quantitative estimate of drug-likeness (QED) is 0.147. The molecule has 6 aromatic carbocycles. The van der Waals surface area contributed by atoms with E-state index in [0.29, 0.717) is 0 Å². The van der Waals surface area contributed by atoms with Crippen molar-refractivity contribution in [1.29, 1.82) is 0 Å². The van der Waals surface area contributed by atoms with Crippen LogP contribution >= 0.6 is 0 Å². The summed E-state index contributed by atoms with van der Waals surface area (Å²) in [6.07, 6.45) is 0. The van der Waals surface area contributed by atoms with E-state index in [-0.39, 0.29) is 16.9 Å². The first-order valence-corrected chi connectivity index (χ1v) is 14.6. The molecule has 0 unspecified atom stereocenters. The Labute approximate surface area is 259 Å². The molecule has 44 heavy (non-hydrogen) atoms. The summed E-state index contributed by atoms with van der Waals surface area (Å²) >= 11 is 0. The third-order valence-corrected chi connectivity index (χ3v) is 7.47.